The first-order valence-electron chi connectivity index (χ1n) is 4.66. The van der Waals surface area contributed by atoms with Gasteiger partial charge in [-0.2, -0.15) is 0 Å². The number of aliphatic hydroxyl groups is 1. The van der Waals surface area contributed by atoms with Gasteiger partial charge in [0.05, 0.1) is 11.9 Å². The quantitative estimate of drug-likeness (QED) is 0.711. The van der Waals surface area contributed by atoms with Gasteiger partial charge in [0, 0.05) is 13.0 Å². The Morgan fingerprint density at radius 2 is 2.54 bits per heavy atom. The fraction of sp³-hybridized carbons (Fsp3) is 0.600. The van der Waals surface area contributed by atoms with E-state index in [2.05, 4.69) is 5.32 Å². The molecule has 72 valence electrons. The summed E-state index contributed by atoms with van der Waals surface area (Å²) in [4.78, 5) is 0. The van der Waals surface area contributed by atoms with Crippen LogP contribution in [0.2, 0.25) is 0 Å². The molecular weight excluding hydrogens is 166 g/mol. The lowest BCUT2D eigenvalue weighted by Gasteiger charge is -2.19. The third-order valence-corrected chi connectivity index (χ3v) is 2.68. The Morgan fingerprint density at radius 1 is 1.69 bits per heavy atom. The largest absolute Gasteiger partial charge is 0.469 e. The molecule has 0 aromatic carbocycles. The van der Waals surface area contributed by atoms with E-state index in [0.717, 1.165) is 24.3 Å². The van der Waals surface area contributed by atoms with Crippen LogP contribution in [0.3, 0.4) is 0 Å². The smallest absolute Gasteiger partial charge is 0.109 e. The zero-order chi connectivity index (χ0) is 9.31. The van der Waals surface area contributed by atoms with Gasteiger partial charge in [-0.25, -0.2) is 0 Å². The molecule has 13 heavy (non-hydrogen) atoms. The molecular formula is C10H15NO2. The minimum atomic E-state index is -0.595. The van der Waals surface area contributed by atoms with Crippen LogP contribution >= 0.6 is 0 Å². The van der Waals surface area contributed by atoms with E-state index in [0.29, 0.717) is 13.0 Å². The summed E-state index contributed by atoms with van der Waals surface area (Å²) in [5, 5.41) is 13.2. The first-order chi connectivity index (χ1) is 6.20. The Morgan fingerprint density at radius 3 is 3.08 bits per heavy atom. The lowest BCUT2D eigenvalue weighted by atomic mass is 9.96. The zero-order valence-electron chi connectivity index (χ0n) is 7.84. The molecule has 0 spiro atoms. The van der Waals surface area contributed by atoms with Crippen molar-refractivity contribution in [2.75, 3.05) is 13.1 Å². The highest BCUT2D eigenvalue weighted by Gasteiger charge is 2.32. The lowest BCUT2D eigenvalue weighted by molar-refractivity contribution is 0.0563. The second kappa shape index (κ2) is 3.16. The molecule has 1 aliphatic heterocycles. The van der Waals surface area contributed by atoms with Gasteiger partial charge in [0.25, 0.3) is 0 Å². The monoisotopic (exact) mass is 181 g/mol. The van der Waals surface area contributed by atoms with Gasteiger partial charge in [-0.15, -0.1) is 0 Å². The summed E-state index contributed by atoms with van der Waals surface area (Å²) < 4.78 is 5.30. The average molecular weight is 181 g/mol. The molecule has 0 bridgehead atoms. The highest BCUT2D eigenvalue weighted by atomic mass is 16.3. The molecule has 2 heterocycles. The van der Waals surface area contributed by atoms with Crippen LogP contribution in [0.4, 0.5) is 0 Å². The molecule has 1 unspecified atom stereocenters. The van der Waals surface area contributed by atoms with Crippen molar-refractivity contribution in [2.24, 2.45) is 0 Å². The van der Waals surface area contributed by atoms with Crippen LogP contribution in [0.5, 0.6) is 0 Å². The molecule has 1 aliphatic rings. The second-order valence-corrected chi connectivity index (χ2v) is 3.85. The molecule has 1 saturated heterocycles. The maximum absolute atomic E-state index is 10.1. The molecule has 0 aliphatic carbocycles. The Hall–Kier alpha value is -0.800. The zero-order valence-corrected chi connectivity index (χ0v) is 7.84. The molecule has 0 amide bonds. The minimum absolute atomic E-state index is 0.595. The molecule has 1 atom stereocenters. The first-order valence-corrected chi connectivity index (χ1v) is 4.66. The van der Waals surface area contributed by atoms with E-state index in [1.54, 1.807) is 6.26 Å². The predicted molar refractivity (Wildman–Crippen MR) is 49.6 cm³/mol. The van der Waals surface area contributed by atoms with E-state index in [1.807, 2.05) is 13.0 Å². The molecule has 1 aromatic heterocycles. The van der Waals surface area contributed by atoms with Gasteiger partial charge < -0.3 is 14.8 Å². The fourth-order valence-electron chi connectivity index (χ4n) is 1.77. The van der Waals surface area contributed by atoms with Crippen LogP contribution < -0.4 is 5.32 Å². The van der Waals surface area contributed by atoms with Crippen LogP contribution in [0.15, 0.2) is 16.7 Å². The summed E-state index contributed by atoms with van der Waals surface area (Å²) in [5.74, 6) is 0.909. The van der Waals surface area contributed by atoms with Crippen molar-refractivity contribution in [1.82, 2.24) is 5.32 Å². The standard InChI is InChI=1S/C10H15NO2/c1-8-2-5-13-9(8)6-10(12)3-4-11-7-10/h2,5,11-12H,3-4,6-7H2,1H3. The Kier molecular flexibility index (Phi) is 2.14. The first kappa shape index (κ1) is 8.78. The summed E-state index contributed by atoms with van der Waals surface area (Å²) >= 11 is 0. The molecule has 1 fully saturated rings. The van der Waals surface area contributed by atoms with Crippen molar-refractivity contribution in [1.29, 1.82) is 0 Å². The summed E-state index contributed by atoms with van der Waals surface area (Å²) in [7, 11) is 0. The van der Waals surface area contributed by atoms with Gasteiger partial charge in [0.1, 0.15) is 5.76 Å². The third-order valence-electron chi connectivity index (χ3n) is 2.68. The van der Waals surface area contributed by atoms with Gasteiger partial charge in [0.2, 0.25) is 0 Å². The fourth-order valence-corrected chi connectivity index (χ4v) is 1.77. The predicted octanol–water partition coefficient (Wildman–Crippen LogP) is 0.855. The van der Waals surface area contributed by atoms with Crippen molar-refractivity contribution in [2.45, 2.75) is 25.4 Å². The highest BCUT2D eigenvalue weighted by molar-refractivity contribution is 5.17. The second-order valence-electron chi connectivity index (χ2n) is 3.85. The molecule has 0 radical (unpaired) electrons. The number of nitrogens with one attached hydrogen (secondary N) is 1. The van der Waals surface area contributed by atoms with E-state index in [1.165, 1.54) is 0 Å². The molecule has 2 rings (SSSR count). The van der Waals surface area contributed by atoms with Gasteiger partial charge in [-0.1, -0.05) is 0 Å². The number of β-amino-alcohol motifs (C(OH)–C–C–N with tert-alkyl or cyclic N) is 1. The molecule has 1 aromatic rings. The average Bonchev–Trinajstić information content (AvgIpc) is 2.64. The van der Waals surface area contributed by atoms with Crippen molar-refractivity contribution >= 4 is 0 Å². The van der Waals surface area contributed by atoms with E-state index < -0.39 is 5.60 Å². The molecule has 0 saturated carbocycles. The SMILES string of the molecule is Cc1ccoc1CC1(O)CCNC1. The van der Waals surface area contributed by atoms with Crippen LogP contribution in [-0.2, 0) is 6.42 Å². The van der Waals surface area contributed by atoms with Crippen LogP contribution in [0.25, 0.3) is 0 Å². The number of hydrogen-bond acceptors (Lipinski definition) is 3. The number of hydrogen-bond donors (Lipinski definition) is 2. The summed E-state index contributed by atoms with van der Waals surface area (Å²) in [5.41, 5.74) is 0.531. The van der Waals surface area contributed by atoms with Gasteiger partial charge in [-0.3, -0.25) is 0 Å². The minimum Gasteiger partial charge on any atom is -0.469 e. The Bertz CT molecular complexity index is 287. The molecule has 3 nitrogen and oxygen atoms in total. The van der Waals surface area contributed by atoms with E-state index in [9.17, 15) is 5.11 Å². The van der Waals surface area contributed by atoms with Crippen molar-refractivity contribution in [3.63, 3.8) is 0 Å². The Balaban J connectivity index is 2.09. The normalized spacial score (nSPS) is 28.2. The van der Waals surface area contributed by atoms with Crippen LogP contribution in [-0.4, -0.2) is 23.8 Å². The topological polar surface area (TPSA) is 45.4 Å². The summed E-state index contributed by atoms with van der Waals surface area (Å²) in [6.45, 7) is 3.58. The van der Waals surface area contributed by atoms with E-state index >= 15 is 0 Å². The number of furan rings is 1. The van der Waals surface area contributed by atoms with Crippen molar-refractivity contribution in [3.05, 3.63) is 23.7 Å². The molecule has 2 N–H and O–H groups in total. The highest BCUT2D eigenvalue weighted by Crippen LogP contribution is 2.22. The van der Waals surface area contributed by atoms with Gasteiger partial charge in [-0.05, 0) is 31.5 Å². The van der Waals surface area contributed by atoms with Crippen molar-refractivity contribution in [3.8, 4) is 0 Å². The maximum atomic E-state index is 10.1. The number of aryl methyl sites for hydroxylation is 1. The van der Waals surface area contributed by atoms with Crippen LogP contribution in [0, 0.1) is 6.92 Å². The van der Waals surface area contributed by atoms with E-state index in [-0.39, 0.29) is 0 Å². The molecule has 3 heteroatoms. The van der Waals surface area contributed by atoms with Crippen molar-refractivity contribution < 1.29 is 9.52 Å². The summed E-state index contributed by atoms with van der Waals surface area (Å²) in [6.07, 6.45) is 3.11. The van der Waals surface area contributed by atoms with Gasteiger partial charge in [0.15, 0.2) is 0 Å². The van der Waals surface area contributed by atoms with E-state index in [4.69, 9.17) is 4.42 Å². The van der Waals surface area contributed by atoms with Gasteiger partial charge >= 0.3 is 0 Å². The number of rotatable bonds is 2. The Labute approximate surface area is 77.8 Å². The third kappa shape index (κ3) is 1.76. The lowest BCUT2D eigenvalue weighted by Crippen LogP contribution is -2.33. The van der Waals surface area contributed by atoms with Crippen LogP contribution in [0.1, 0.15) is 17.7 Å². The summed E-state index contributed by atoms with van der Waals surface area (Å²) in [6, 6.07) is 1.93. The maximum Gasteiger partial charge on any atom is 0.109 e.